The first-order valence-corrected chi connectivity index (χ1v) is 13.2. The summed E-state index contributed by atoms with van der Waals surface area (Å²) in [5.74, 6) is 1.21. The number of aromatic nitrogens is 3. The molecule has 1 aromatic heterocycles. The largest absolute Gasteiger partial charge is 0.573 e. The van der Waals surface area contributed by atoms with Crippen molar-refractivity contribution in [3.05, 3.63) is 71.3 Å². The van der Waals surface area contributed by atoms with Crippen LogP contribution in [0.1, 0.15) is 41.8 Å². The highest BCUT2D eigenvalue weighted by Gasteiger charge is 2.31. The first-order chi connectivity index (χ1) is 17.8. The van der Waals surface area contributed by atoms with Crippen molar-refractivity contribution < 1.29 is 22.7 Å². The number of ether oxygens (including phenoxy) is 1. The molecular weight excluding hydrogens is 505 g/mol. The molecule has 12 heteroatoms. The summed E-state index contributed by atoms with van der Waals surface area (Å²) in [5.41, 5.74) is 2.90. The van der Waals surface area contributed by atoms with E-state index in [0.29, 0.717) is 23.8 Å². The van der Waals surface area contributed by atoms with E-state index in [1.54, 1.807) is 0 Å². The number of hydrogen-bond donors (Lipinski definition) is 1. The fourth-order valence-electron chi connectivity index (χ4n) is 4.42. The molecule has 0 saturated carbocycles. The smallest absolute Gasteiger partial charge is 0.406 e. The Morgan fingerprint density at radius 3 is 2.59 bits per heavy atom. The molecular formula is C25H27F3N6O2S. The molecule has 2 aliphatic heterocycles. The third kappa shape index (κ3) is 6.12. The van der Waals surface area contributed by atoms with Crippen molar-refractivity contribution in [2.75, 3.05) is 24.2 Å². The van der Waals surface area contributed by atoms with Crippen LogP contribution in [0.4, 0.5) is 18.9 Å². The summed E-state index contributed by atoms with van der Waals surface area (Å²) in [6.45, 7) is 4.57. The molecule has 0 amide bonds. The number of anilines is 1. The molecule has 196 valence electrons. The minimum atomic E-state index is -4.74. The van der Waals surface area contributed by atoms with Gasteiger partial charge in [-0.15, -0.1) is 18.3 Å². The Balaban J connectivity index is 1.22. The maximum Gasteiger partial charge on any atom is 0.573 e. The number of halogens is 3. The monoisotopic (exact) mass is 532 g/mol. The zero-order valence-corrected chi connectivity index (χ0v) is 21.2. The van der Waals surface area contributed by atoms with Gasteiger partial charge in [-0.25, -0.2) is 9.67 Å². The molecule has 2 aliphatic rings. The summed E-state index contributed by atoms with van der Waals surface area (Å²) in [7, 11) is 0. The van der Waals surface area contributed by atoms with Crippen molar-refractivity contribution in [2.45, 2.75) is 44.2 Å². The Hall–Kier alpha value is -3.41. The number of nitrogens with one attached hydrogen (secondary N) is 1. The minimum absolute atomic E-state index is 0.308. The lowest BCUT2D eigenvalue weighted by molar-refractivity contribution is -0.274. The van der Waals surface area contributed by atoms with Gasteiger partial charge in [-0.2, -0.15) is 11.8 Å². The van der Waals surface area contributed by atoms with Crippen LogP contribution in [0.15, 0.2) is 53.7 Å². The molecule has 0 spiro atoms. The molecule has 2 aromatic carbocycles. The van der Waals surface area contributed by atoms with Crippen LogP contribution >= 0.6 is 11.8 Å². The molecule has 37 heavy (non-hydrogen) atoms. The third-order valence-electron chi connectivity index (χ3n) is 6.37. The number of nitrogens with zero attached hydrogens (tertiary/aromatic N) is 5. The highest BCUT2D eigenvalue weighted by molar-refractivity contribution is 7.99. The molecule has 0 aliphatic carbocycles. The van der Waals surface area contributed by atoms with Crippen molar-refractivity contribution in [3.63, 3.8) is 0 Å². The van der Waals surface area contributed by atoms with Gasteiger partial charge < -0.3 is 19.8 Å². The average molecular weight is 533 g/mol. The van der Waals surface area contributed by atoms with Gasteiger partial charge in [0.25, 0.3) is 6.23 Å². The van der Waals surface area contributed by atoms with E-state index in [4.69, 9.17) is 4.84 Å². The van der Waals surface area contributed by atoms with Gasteiger partial charge in [0.05, 0.1) is 6.54 Å². The summed E-state index contributed by atoms with van der Waals surface area (Å²) in [6.07, 6.45) is -0.872. The van der Waals surface area contributed by atoms with Crippen LogP contribution in [0.3, 0.4) is 0 Å². The summed E-state index contributed by atoms with van der Waals surface area (Å²) < 4.78 is 42.9. The summed E-state index contributed by atoms with van der Waals surface area (Å²) in [4.78, 5) is 12.4. The van der Waals surface area contributed by atoms with Gasteiger partial charge in [-0.1, -0.05) is 17.3 Å². The van der Waals surface area contributed by atoms with Crippen molar-refractivity contribution in [1.29, 1.82) is 0 Å². The highest BCUT2D eigenvalue weighted by atomic mass is 32.2. The summed E-state index contributed by atoms with van der Waals surface area (Å²) in [5, 5.41) is 12.4. The number of benzene rings is 2. The Kier molecular flexibility index (Phi) is 7.18. The van der Waals surface area contributed by atoms with E-state index in [0.717, 1.165) is 29.7 Å². The van der Waals surface area contributed by atoms with Crippen molar-refractivity contribution in [3.8, 4) is 5.75 Å². The molecule has 0 bridgehead atoms. The number of amidine groups is 1. The number of alkyl halides is 3. The lowest BCUT2D eigenvalue weighted by atomic mass is 10.1. The van der Waals surface area contributed by atoms with Gasteiger partial charge in [0.1, 0.15) is 11.6 Å². The molecule has 3 heterocycles. The molecule has 5 rings (SSSR count). The van der Waals surface area contributed by atoms with Gasteiger partial charge in [-0.05, 0) is 68.0 Å². The maximum absolute atomic E-state index is 12.4. The van der Waals surface area contributed by atoms with E-state index < -0.39 is 12.6 Å². The van der Waals surface area contributed by atoms with Crippen LogP contribution < -0.4 is 15.0 Å². The molecule has 1 fully saturated rings. The van der Waals surface area contributed by atoms with Crippen LogP contribution in [-0.2, 0) is 11.4 Å². The van der Waals surface area contributed by atoms with E-state index >= 15 is 0 Å². The number of aryl methyl sites for hydroxylation is 1. The third-order valence-corrected chi connectivity index (χ3v) is 7.51. The maximum atomic E-state index is 12.4. The Bertz CT molecular complexity index is 1260. The number of thioether (sulfide) groups is 1. The minimum Gasteiger partial charge on any atom is -0.406 e. The zero-order valence-electron chi connectivity index (χ0n) is 20.4. The lowest BCUT2D eigenvalue weighted by Gasteiger charge is -2.33. The lowest BCUT2D eigenvalue weighted by Crippen LogP contribution is -2.34. The van der Waals surface area contributed by atoms with Crippen molar-refractivity contribution in [1.82, 2.24) is 20.1 Å². The van der Waals surface area contributed by atoms with Crippen LogP contribution in [-0.4, -0.2) is 51.6 Å². The van der Waals surface area contributed by atoms with Gasteiger partial charge in [-0.3, -0.25) is 0 Å². The topological polar surface area (TPSA) is 76.8 Å². The zero-order chi connectivity index (χ0) is 26.0. The molecule has 8 nitrogen and oxygen atoms in total. The van der Waals surface area contributed by atoms with Gasteiger partial charge >= 0.3 is 6.36 Å². The normalized spacial score (nSPS) is 18.4. The van der Waals surface area contributed by atoms with Crippen LogP contribution in [0, 0.1) is 6.92 Å². The fourth-order valence-corrected chi connectivity index (χ4v) is 5.10. The Labute approximate surface area is 216 Å². The number of rotatable bonds is 7. The number of hydrogen-bond acceptors (Lipinski definition) is 8. The first-order valence-electron chi connectivity index (χ1n) is 11.9. The molecule has 1 saturated heterocycles. The molecule has 1 unspecified atom stereocenters. The van der Waals surface area contributed by atoms with Gasteiger partial charge in [0, 0.05) is 29.6 Å². The molecule has 3 aromatic rings. The summed E-state index contributed by atoms with van der Waals surface area (Å²) >= 11 is 1.95. The average Bonchev–Trinajstić information content (AvgIpc) is 3.51. The quantitative estimate of drug-likeness (QED) is 0.466. The molecule has 1 atom stereocenters. The van der Waals surface area contributed by atoms with Crippen LogP contribution in [0.5, 0.6) is 5.75 Å². The number of oxime groups is 1. The Morgan fingerprint density at radius 2 is 1.89 bits per heavy atom. The van der Waals surface area contributed by atoms with E-state index in [-0.39, 0.29) is 5.75 Å². The Morgan fingerprint density at radius 1 is 1.14 bits per heavy atom. The second-order valence-corrected chi connectivity index (χ2v) is 10.0. The van der Waals surface area contributed by atoms with E-state index in [9.17, 15) is 13.2 Å². The fraction of sp³-hybridized carbons (Fsp3) is 0.400. The standard InChI is InChI=1S/C25H27F3N6O2S/c1-16-29-23(24-30-22(32-36-24)18-6-8-20(9-7-18)35-25(26,27)28)31-34(16)15-17-4-3-5-19(14-17)33-12-10-21(37-2)11-13-33/h3-9,14,21,24H,10-13,15H2,1-2H3,(H,30,32). The van der Waals surface area contributed by atoms with E-state index in [1.807, 2.05) is 23.4 Å². The van der Waals surface area contributed by atoms with Crippen molar-refractivity contribution in [2.24, 2.45) is 5.16 Å². The molecule has 1 N–H and O–H groups in total. The highest BCUT2D eigenvalue weighted by Crippen LogP contribution is 2.27. The summed E-state index contributed by atoms with van der Waals surface area (Å²) in [6, 6.07) is 13.9. The van der Waals surface area contributed by atoms with Crippen molar-refractivity contribution >= 4 is 23.3 Å². The number of piperidine rings is 1. The molecule has 0 radical (unpaired) electrons. The predicted octanol–water partition coefficient (Wildman–Crippen LogP) is 4.85. The van der Waals surface area contributed by atoms with Crippen LogP contribution in [0.25, 0.3) is 0 Å². The second-order valence-electron chi connectivity index (χ2n) is 8.91. The van der Waals surface area contributed by atoms with Crippen LogP contribution in [0.2, 0.25) is 0 Å². The SMILES string of the molecule is CSC1CCN(c2cccc(Cn3nc(C4NC(c5ccc(OC(F)(F)F)cc5)=NO4)nc3C)c2)CC1. The van der Waals surface area contributed by atoms with E-state index in [2.05, 4.69) is 60.7 Å². The van der Waals surface area contributed by atoms with E-state index in [1.165, 1.54) is 42.8 Å². The van der Waals surface area contributed by atoms with Gasteiger partial charge in [0.15, 0.2) is 5.84 Å². The first kappa shape index (κ1) is 25.2. The predicted molar refractivity (Wildman–Crippen MR) is 136 cm³/mol. The van der Waals surface area contributed by atoms with Gasteiger partial charge in [0.2, 0.25) is 5.82 Å². The second kappa shape index (κ2) is 10.5.